The summed E-state index contributed by atoms with van der Waals surface area (Å²) in [6, 6.07) is 6.93. The maximum atomic E-state index is 14.6. The standard InChI is InChI=1S/C31H36F6/c1-17-7-10-24(15-18(17)2)29(30(32,33)34,31(35,36)37)25-11-8-23(19(3)16-25)9-12-28-22(6)26-13-14-27(28)21(5)20(26)4/h7-8,10-11,13-16,20-22,26-28H,9,12H2,1-6H3. The Bertz CT molecular complexity index is 1160. The first-order valence-electron chi connectivity index (χ1n) is 13.1. The molecule has 6 atom stereocenters. The summed E-state index contributed by atoms with van der Waals surface area (Å²) >= 11 is 0. The van der Waals surface area contributed by atoms with Crippen molar-refractivity contribution >= 4 is 0 Å². The molecule has 0 aromatic heterocycles. The molecule has 1 saturated carbocycles. The summed E-state index contributed by atoms with van der Waals surface area (Å²) in [5.74, 6) is 3.13. The van der Waals surface area contributed by atoms with E-state index < -0.39 is 28.9 Å². The Kier molecular flexibility index (Phi) is 7.13. The van der Waals surface area contributed by atoms with E-state index in [-0.39, 0.29) is 0 Å². The topological polar surface area (TPSA) is 0 Å². The van der Waals surface area contributed by atoms with Crippen molar-refractivity contribution in [1.29, 1.82) is 0 Å². The molecular weight excluding hydrogens is 486 g/mol. The Morgan fingerprint density at radius 3 is 1.68 bits per heavy atom. The van der Waals surface area contributed by atoms with Crippen molar-refractivity contribution < 1.29 is 26.3 Å². The molecule has 0 amide bonds. The van der Waals surface area contributed by atoms with Crippen LogP contribution >= 0.6 is 0 Å². The number of aryl methyl sites for hydroxylation is 4. The average Bonchev–Trinajstić information content (AvgIpc) is 2.78. The van der Waals surface area contributed by atoms with E-state index >= 15 is 0 Å². The summed E-state index contributed by atoms with van der Waals surface area (Å²) in [5.41, 5.74) is -3.40. The van der Waals surface area contributed by atoms with Crippen LogP contribution in [0.5, 0.6) is 0 Å². The lowest BCUT2D eigenvalue weighted by Crippen LogP contribution is -2.54. The van der Waals surface area contributed by atoms with Crippen LogP contribution in [0.2, 0.25) is 0 Å². The van der Waals surface area contributed by atoms with Gasteiger partial charge in [0, 0.05) is 0 Å². The normalized spacial score (nSPS) is 28.1. The molecule has 3 aliphatic rings. The van der Waals surface area contributed by atoms with E-state index in [2.05, 4.69) is 32.9 Å². The molecule has 2 bridgehead atoms. The number of allylic oxidation sites excluding steroid dienone is 2. The lowest BCUT2D eigenvalue weighted by atomic mass is 9.53. The highest BCUT2D eigenvalue weighted by Crippen LogP contribution is 2.57. The average molecular weight is 523 g/mol. The van der Waals surface area contributed by atoms with Crippen LogP contribution in [-0.4, -0.2) is 12.4 Å². The second-order valence-corrected chi connectivity index (χ2v) is 11.5. The van der Waals surface area contributed by atoms with Crippen molar-refractivity contribution in [2.24, 2.45) is 35.5 Å². The molecule has 0 spiro atoms. The van der Waals surface area contributed by atoms with Gasteiger partial charge in [-0.15, -0.1) is 0 Å². The van der Waals surface area contributed by atoms with Crippen LogP contribution in [0.4, 0.5) is 26.3 Å². The number of hydrogen-bond acceptors (Lipinski definition) is 0. The molecule has 2 aromatic carbocycles. The summed E-state index contributed by atoms with van der Waals surface area (Å²) in [7, 11) is 0. The van der Waals surface area contributed by atoms with Gasteiger partial charge in [-0.05, 0) is 103 Å². The van der Waals surface area contributed by atoms with E-state index in [4.69, 9.17) is 0 Å². The lowest BCUT2D eigenvalue weighted by molar-refractivity contribution is -0.288. The van der Waals surface area contributed by atoms with E-state index in [1.54, 1.807) is 13.8 Å². The van der Waals surface area contributed by atoms with Crippen LogP contribution in [-0.2, 0) is 11.8 Å². The fourth-order valence-electron chi connectivity index (χ4n) is 7.07. The molecule has 0 aliphatic heterocycles. The van der Waals surface area contributed by atoms with Crippen molar-refractivity contribution in [3.05, 3.63) is 81.9 Å². The van der Waals surface area contributed by atoms with Gasteiger partial charge in [0.1, 0.15) is 0 Å². The minimum atomic E-state index is -5.57. The first kappa shape index (κ1) is 27.8. The van der Waals surface area contributed by atoms with Gasteiger partial charge >= 0.3 is 12.4 Å². The Morgan fingerprint density at radius 1 is 0.622 bits per heavy atom. The highest BCUT2D eigenvalue weighted by Gasteiger charge is 2.72. The number of hydrogen-bond donors (Lipinski definition) is 0. The molecule has 3 aliphatic carbocycles. The zero-order valence-corrected chi connectivity index (χ0v) is 22.3. The molecule has 0 N–H and O–H groups in total. The first-order valence-corrected chi connectivity index (χ1v) is 13.1. The smallest absolute Gasteiger partial charge is 0.169 e. The van der Waals surface area contributed by atoms with Gasteiger partial charge in [-0.1, -0.05) is 69.3 Å². The SMILES string of the molecule is Cc1ccc(C(c2ccc(CCC3C(C)C4C=CC3C(C)C4C)c(C)c2)(C(F)(F)F)C(F)(F)F)cc1C. The Morgan fingerprint density at radius 2 is 1.14 bits per heavy atom. The summed E-state index contributed by atoms with van der Waals surface area (Å²) in [6.45, 7) is 11.7. The molecule has 2 aromatic rings. The van der Waals surface area contributed by atoms with Crippen molar-refractivity contribution in [2.45, 2.75) is 72.2 Å². The van der Waals surface area contributed by atoms with Crippen molar-refractivity contribution in [1.82, 2.24) is 0 Å². The molecule has 6 heteroatoms. The second kappa shape index (κ2) is 9.50. The molecule has 1 fully saturated rings. The zero-order valence-electron chi connectivity index (χ0n) is 22.3. The van der Waals surface area contributed by atoms with E-state index in [0.717, 1.165) is 36.2 Å². The Hall–Kier alpha value is -2.24. The van der Waals surface area contributed by atoms with Crippen LogP contribution in [0.15, 0.2) is 48.6 Å². The lowest BCUT2D eigenvalue weighted by Gasteiger charge is -2.51. The van der Waals surface area contributed by atoms with Crippen LogP contribution < -0.4 is 0 Å². The highest BCUT2D eigenvalue weighted by atomic mass is 19.4. The third kappa shape index (κ3) is 4.42. The van der Waals surface area contributed by atoms with Gasteiger partial charge in [-0.3, -0.25) is 0 Å². The summed E-state index contributed by atoms with van der Waals surface area (Å²) in [4.78, 5) is 0. The van der Waals surface area contributed by atoms with Crippen LogP contribution in [0.3, 0.4) is 0 Å². The quantitative estimate of drug-likeness (QED) is 0.271. The van der Waals surface area contributed by atoms with Crippen molar-refractivity contribution in [3.63, 3.8) is 0 Å². The number of benzene rings is 2. The minimum absolute atomic E-state index is 0.386. The fraction of sp³-hybridized carbons (Fsp3) is 0.548. The van der Waals surface area contributed by atoms with E-state index in [0.29, 0.717) is 58.6 Å². The van der Waals surface area contributed by atoms with Gasteiger partial charge in [-0.2, -0.15) is 26.3 Å². The summed E-state index contributed by atoms with van der Waals surface area (Å²) in [6.07, 6.45) is -5.00. The van der Waals surface area contributed by atoms with Gasteiger partial charge in [0.05, 0.1) is 0 Å². The summed E-state index contributed by atoms with van der Waals surface area (Å²) in [5, 5.41) is 0. The molecule has 5 rings (SSSR count). The Balaban J connectivity index is 1.70. The van der Waals surface area contributed by atoms with E-state index in [9.17, 15) is 26.3 Å². The van der Waals surface area contributed by atoms with Crippen LogP contribution in [0.1, 0.15) is 60.6 Å². The van der Waals surface area contributed by atoms with Gasteiger partial charge in [0.15, 0.2) is 0 Å². The van der Waals surface area contributed by atoms with E-state index in [1.807, 2.05) is 0 Å². The molecule has 0 radical (unpaired) electrons. The monoisotopic (exact) mass is 522 g/mol. The van der Waals surface area contributed by atoms with Gasteiger partial charge in [0.2, 0.25) is 5.41 Å². The largest absolute Gasteiger partial charge is 0.411 e. The first-order chi connectivity index (χ1) is 17.1. The molecule has 37 heavy (non-hydrogen) atoms. The predicted molar refractivity (Wildman–Crippen MR) is 135 cm³/mol. The van der Waals surface area contributed by atoms with Gasteiger partial charge in [-0.25, -0.2) is 0 Å². The van der Waals surface area contributed by atoms with Crippen LogP contribution in [0, 0.1) is 56.3 Å². The maximum absolute atomic E-state index is 14.6. The van der Waals surface area contributed by atoms with Crippen molar-refractivity contribution in [3.8, 4) is 0 Å². The molecule has 6 unspecified atom stereocenters. The zero-order chi connectivity index (χ0) is 27.5. The minimum Gasteiger partial charge on any atom is -0.169 e. The number of halogens is 6. The third-order valence-corrected chi connectivity index (χ3v) is 9.69. The molecule has 0 heterocycles. The second-order valence-electron chi connectivity index (χ2n) is 11.5. The maximum Gasteiger partial charge on any atom is 0.411 e. The fourth-order valence-corrected chi connectivity index (χ4v) is 7.07. The molecule has 202 valence electrons. The van der Waals surface area contributed by atoms with Gasteiger partial charge in [0.25, 0.3) is 0 Å². The predicted octanol–water partition coefficient (Wildman–Crippen LogP) is 9.30. The number of rotatable bonds is 5. The molecule has 0 nitrogen and oxygen atoms in total. The van der Waals surface area contributed by atoms with Crippen LogP contribution in [0.25, 0.3) is 0 Å². The Labute approximate surface area is 216 Å². The highest BCUT2D eigenvalue weighted by molar-refractivity contribution is 5.48. The molecular formula is C31H36F6. The van der Waals surface area contributed by atoms with Gasteiger partial charge < -0.3 is 0 Å². The van der Waals surface area contributed by atoms with Crippen molar-refractivity contribution in [2.75, 3.05) is 0 Å². The molecule has 0 saturated heterocycles. The summed E-state index contributed by atoms with van der Waals surface area (Å²) < 4.78 is 87.4. The van der Waals surface area contributed by atoms with E-state index in [1.165, 1.54) is 19.1 Å². The number of fused-ring (bicyclic) bond motifs is 2. The third-order valence-electron chi connectivity index (χ3n) is 9.69. The number of alkyl halides is 6.